The van der Waals surface area contributed by atoms with Crippen molar-refractivity contribution >= 4 is 11.8 Å². The minimum Gasteiger partial charge on any atom is -0.493 e. The van der Waals surface area contributed by atoms with Crippen LogP contribution >= 0.6 is 0 Å². The second kappa shape index (κ2) is 12.3. The molecule has 0 N–H and O–H groups in total. The molecule has 2 aliphatic rings. The highest BCUT2D eigenvalue weighted by Crippen LogP contribution is 2.36. The normalized spacial score (nSPS) is 19.9. The minimum atomic E-state index is -0.338. The summed E-state index contributed by atoms with van der Waals surface area (Å²) in [5, 5.41) is 0. The first-order valence-corrected chi connectivity index (χ1v) is 14.2. The number of carbonyl (C=O) groups excluding carboxylic acids is 2. The van der Waals surface area contributed by atoms with Crippen LogP contribution in [-0.4, -0.2) is 24.0 Å². The Hall–Kier alpha value is -4.64. The number of hydrogen-bond donors (Lipinski definition) is 0. The zero-order valence-electron chi connectivity index (χ0n) is 22.8. The van der Waals surface area contributed by atoms with Crippen molar-refractivity contribution in [3.05, 3.63) is 138 Å². The number of carbonyl (C=O) groups is 2. The number of allylic oxidation sites excluding steroid dienone is 1. The summed E-state index contributed by atoms with van der Waals surface area (Å²) in [6.07, 6.45) is 4.03. The van der Waals surface area contributed by atoms with Gasteiger partial charge in [0, 0.05) is 6.42 Å². The molecule has 4 aromatic rings. The predicted molar refractivity (Wildman–Crippen MR) is 157 cm³/mol. The summed E-state index contributed by atoms with van der Waals surface area (Å²) in [6.45, 7) is 0. The summed E-state index contributed by atoms with van der Waals surface area (Å²) < 4.78 is 17.8. The van der Waals surface area contributed by atoms with Crippen LogP contribution < -0.4 is 4.74 Å². The largest absolute Gasteiger partial charge is 0.493 e. The molecule has 0 amide bonds. The van der Waals surface area contributed by atoms with Gasteiger partial charge in [-0.2, -0.15) is 0 Å². The van der Waals surface area contributed by atoms with E-state index in [0.29, 0.717) is 30.6 Å². The molecule has 0 bridgehead atoms. The molecule has 41 heavy (non-hydrogen) atoms. The van der Waals surface area contributed by atoms with E-state index in [1.807, 2.05) is 84.9 Å². The number of esters is 1. The Labute approximate surface area is 240 Å². The van der Waals surface area contributed by atoms with E-state index in [2.05, 4.69) is 24.3 Å². The summed E-state index contributed by atoms with van der Waals surface area (Å²) in [6, 6.07) is 35.6. The zero-order valence-corrected chi connectivity index (χ0v) is 22.8. The Morgan fingerprint density at radius 3 is 2.22 bits per heavy atom. The number of Topliss-reactive ketones (excluding diaryl/α,β-unsaturated/α-hetero) is 1. The van der Waals surface area contributed by atoms with E-state index < -0.39 is 0 Å². The molecule has 6 rings (SSSR count). The lowest BCUT2D eigenvalue weighted by Crippen LogP contribution is -2.43. The van der Waals surface area contributed by atoms with E-state index >= 15 is 0 Å². The molecular weight excluding hydrogens is 512 g/mol. The van der Waals surface area contributed by atoms with Crippen LogP contribution in [-0.2, 0) is 27.1 Å². The molecule has 0 saturated heterocycles. The highest BCUT2D eigenvalue weighted by Gasteiger charge is 2.42. The number of hydrogen-bond acceptors (Lipinski definition) is 5. The average molecular weight is 545 g/mol. The van der Waals surface area contributed by atoms with Crippen LogP contribution in [0.15, 0.2) is 121 Å². The maximum atomic E-state index is 13.3. The van der Waals surface area contributed by atoms with Crippen LogP contribution in [0.25, 0.3) is 11.1 Å². The Morgan fingerprint density at radius 1 is 0.756 bits per heavy atom. The maximum Gasteiger partial charge on any atom is 0.338 e. The fourth-order valence-electron chi connectivity index (χ4n) is 5.66. The number of ketones is 1. The van der Waals surface area contributed by atoms with Crippen molar-refractivity contribution in [3.63, 3.8) is 0 Å². The molecule has 1 aliphatic carbocycles. The lowest BCUT2D eigenvalue weighted by molar-refractivity contribution is -0.132. The van der Waals surface area contributed by atoms with E-state index in [1.54, 1.807) is 0 Å². The van der Waals surface area contributed by atoms with E-state index in [-0.39, 0.29) is 35.6 Å². The first-order valence-electron chi connectivity index (χ1n) is 14.2. The number of ether oxygens (including phenoxy) is 3. The van der Waals surface area contributed by atoms with Gasteiger partial charge in [-0.3, -0.25) is 4.79 Å². The third kappa shape index (κ3) is 6.25. The SMILES string of the molecule is O=C(OC1CCC2C(=O)C(Oc3ccc(-c4ccccc4)cc3)=COC2C1)c1ccccc1CCc1ccccc1. The van der Waals surface area contributed by atoms with Crippen molar-refractivity contribution in [2.24, 2.45) is 5.92 Å². The predicted octanol–water partition coefficient (Wildman–Crippen LogP) is 7.35. The monoisotopic (exact) mass is 544 g/mol. The number of aryl methyl sites for hydroxylation is 2. The molecule has 1 saturated carbocycles. The van der Waals surface area contributed by atoms with Crippen LogP contribution in [0.2, 0.25) is 0 Å². The smallest absolute Gasteiger partial charge is 0.338 e. The molecule has 1 fully saturated rings. The summed E-state index contributed by atoms with van der Waals surface area (Å²) in [4.78, 5) is 26.4. The van der Waals surface area contributed by atoms with Gasteiger partial charge < -0.3 is 14.2 Å². The van der Waals surface area contributed by atoms with Gasteiger partial charge in [-0.25, -0.2) is 4.79 Å². The highest BCUT2D eigenvalue weighted by atomic mass is 16.6. The molecule has 0 radical (unpaired) electrons. The molecule has 1 heterocycles. The maximum absolute atomic E-state index is 13.3. The van der Waals surface area contributed by atoms with Gasteiger partial charge in [0.25, 0.3) is 0 Å². The van der Waals surface area contributed by atoms with Gasteiger partial charge in [-0.15, -0.1) is 0 Å². The average Bonchev–Trinajstić information content (AvgIpc) is 3.03. The summed E-state index contributed by atoms with van der Waals surface area (Å²) >= 11 is 0. The van der Waals surface area contributed by atoms with Gasteiger partial charge in [-0.1, -0.05) is 91.0 Å². The minimum absolute atomic E-state index is 0.0654. The van der Waals surface area contributed by atoms with Crippen molar-refractivity contribution < 1.29 is 23.8 Å². The summed E-state index contributed by atoms with van der Waals surface area (Å²) in [7, 11) is 0. The van der Waals surface area contributed by atoms with Crippen molar-refractivity contribution in [2.75, 3.05) is 0 Å². The van der Waals surface area contributed by atoms with E-state index in [1.165, 1.54) is 11.8 Å². The zero-order chi connectivity index (χ0) is 28.0. The van der Waals surface area contributed by atoms with Crippen molar-refractivity contribution in [2.45, 2.75) is 44.3 Å². The van der Waals surface area contributed by atoms with Crippen LogP contribution in [0.1, 0.15) is 40.7 Å². The van der Waals surface area contributed by atoms with Crippen LogP contribution in [0.3, 0.4) is 0 Å². The molecule has 0 spiro atoms. The molecule has 206 valence electrons. The fourth-order valence-corrected chi connectivity index (χ4v) is 5.66. The second-order valence-corrected chi connectivity index (χ2v) is 10.6. The molecule has 4 aromatic carbocycles. The van der Waals surface area contributed by atoms with Gasteiger partial charge in [0.05, 0.1) is 11.5 Å². The molecule has 3 atom stereocenters. The van der Waals surface area contributed by atoms with E-state index in [9.17, 15) is 9.59 Å². The number of fused-ring (bicyclic) bond motifs is 1. The molecule has 3 unspecified atom stereocenters. The van der Waals surface area contributed by atoms with Crippen molar-refractivity contribution in [3.8, 4) is 16.9 Å². The van der Waals surface area contributed by atoms with E-state index in [0.717, 1.165) is 29.5 Å². The van der Waals surface area contributed by atoms with Gasteiger partial charge in [0.1, 0.15) is 24.2 Å². The summed E-state index contributed by atoms with van der Waals surface area (Å²) in [5.41, 5.74) is 4.99. The Kier molecular flexibility index (Phi) is 7.94. The number of benzene rings is 4. The van der Waals surface area contributed by atoms with Gasteiger partial charge in [0.15, 0.2) is 0 Å². The molecule has 5 nitrogen and oxygen atoms in total. The van der Waals surface area contributed by atoms with Gasteiger partial charge >= 0.3 is 5.97 Å². The topological polar surface area (TPSA) is 61.8 Å². The molecule has 5 heteroatoms. The molecule has 1 aliphatic heterocycles. The Bertz CT molecular complexity index is 1530. The lowest BCUT2D eigenvalue weighted by atomic mass is 9.80. The van der Waals surface area contributed by atoms with Gasteiger partial charge in [0.2, 0.25) is 11.5 Å². The highest BCUT2D eigenvalue weighted by molar-refractivity contribution is 5.96. The Morgan fingerprint density at radius 2 is 1.44 bits per heavy atom. The van der Waals surface area contributed by atoms with Crippen LogP contribution in [0.4, 0.5) is 0 Å². The van der Waals surface area contributed by atoms with Crippen LogP contribution in [0.5, 0.6) is 5.75 Å². The van der Waals surface area contributed by atoms with Crippen molar-refractivity contribution in [1.82, 2.24) is 0 Å². The summed E-state index contributed by atoms with van der Waals surface area (Å²) in [5.74, 6) is 0.0928. The van der Waals surface area contributed by atoms with E-state index in [4.69, 9.17) is 14.2 Å². The fraction of sp³-hybridized carbons (Fsp3) is 0.222. The molecule has 0 aromatic heterocycles. The quantitative estimate of drug-likeness (QED) is 0.217. The third-order valence-corrected chi connectivity index (χ3v) is 7.90. The molecular formula is C36H32O5. The lowest BCUT2D eigenvalue weighted by Gasteiger charge is -2.36. The van der Waals surface area contributed by atoms with Crippen LogP contribution in [0, 0.1) is 5.92 Å². The third-order valence-electron chi connectivity index (χ3n) is 7.90. The first-order chi connectivity index (χ1) is 20.1. The second-order valence-electron chi connectivity index (χ2n) is 10.6. The van der Waals surface area contributed by atoms with Crippen molar-refractivity contribution in [1.29, 1.82) is 0 Å². The van der Waals surface area contributed by atoms with Gasteiger partial charge in [-0.05, 0) is 66.1 Å². The number of rotatable bonds is 8. The Balaban J connectivity index is 1.05. The standard InChI is InChI=1S/C36H32O5/c37-35-32-22-21-30(41-36(38)31-14-8-7-13-28(31)16-15-25-9-3-1-4-10-25)23-33(32)39-24-34(35)40-29-19-17-27(18-20-29)26-11-5-2-6-12-26/h1-14,17-20,24,30,32-33H,15-16,21-23H2. The first kappa shape index (κ1) is 26.6.